The Hall–Kier alpha value is -1.83. The summed E-state index contributed by atoms with van der Waals surface area (Å²) in [5.41, 5.74) is 1.19. The monoisotopic (exact) mass is 295 g/mol. The van der Waals surface area contributed by atoms with Crippen LogP contribution in [-0.4, -0.2) is 47.1 Å². The minimum Gasteiger partial charge on any atom is -0.476 e. The Labute approximate surface area is 121 Å². The first kappa shape index (κ1) is 14.6. The van der Waals surface area contributed by atoms with Crippen molar-refractivity contribution < 1.29 is 9.90 Å². The molecule has 0 saturated carbocycles. The second-order valence-corrected chi connectivity index (χ2v) is 5.65. The maximum atomic E-state index is 11.3. The van der Waals surface area contributed by atoms with Gasteiger partial charge in [-0.25, -0.2) is 14.5 Å². The van der Waals surface area contributed by atoms with E-state index >= 15 is 0 Å². The van der Waals surface area contributed by atoms with E-state index in [-0.39, 0.29) is 5.69 Å². The smallest absolute Gasteiger partial charge is 0.358 e. The van der Waals surface area contributed by atoms with Crippen molar-refractivity contribution in [3.63, 3.8) is 0 Å². The van der Waals surface area contributed by atoms with Crippen molar-refractivity contribution in [3.05, 3.63) is 18.2 Å². The number of carboxylic acids is 1. The summed E-state index contributed by atoms with van der Waals surface area (Å²) in [6, 6.07) is 0. The van der Waals surface area contributed by atoms with Crippen LogP contribution in [0.4, 0.5) is 0 Å². The highest BCUT2D eigenvalue weighted by atomic mass is 32.2. The van der Waals surface area contributed by atoms with E-state index in [0.717, 1.165) is 17.9 Å². The van der Waals surface area contributed by atoms with Gasteiger partial charge in [-0.15, -0.1) is 5.10 Å². The van der Waals surface area contributed by atoms with Gasteiger partial charge in [-0.05, 0) is 17.9 Å². The number of hydrogen-bond acceptors (Lipinski definition) is 5. The number of hydrogen-bond donors (Lipinski definition) is 1. The molecule has 0 aliphatic heterocycles. The van der Waals surface area contributed by atoms with Crippen LogP contribution in [0, 0.1) is 0 Å². The third-order valence-electron chi connectivity index (χ3n) is 2.86. The average molecular weight is 295 g/mol. The molecule has 0 atom stereocenters. The van der Waals surface area contributed by atoms with Crippen LogP contribution < -0.4 is 0 Å². The van der Waals surface area contributed by atoms with Crippen molar-refractivity contribution in [2.24, 2.45) is 7.05 Å². The molecule has 2 aromatic rings. The Morgan fingerprint density at radius 2 is 2.30 bits per heavy atom. The first-order chi connectivity index (χ1) is 9.65. The van der Waals surface area contributed by atoms with E-state index in [1.54, 1.807) is 21.8 Å². The second kappa shape index (κ2) is 6.56. The lowest BCUT2D eigenvalue weighted by molar-refractivity contribution is 0.0691. The molecule has 2 rings (SSSR count). The standard InChI is InChI=1S/C12H17N5O2S/c1-3-20-6-4-5-17-11(9-7-13-8-16(9)2)10(12(18)19)14-15-17/h7-8H,3-6H2,1-2H3,(H,18,19). The van der Waals surface area contributed by atoms with Gasteiger partial charge < -0.3 is 9.67 Å². The molecule has 1 N–H and O–H groups in total. The normalized spacial score (nSPS) is 10.9. The molecule has 7 nitrogen and oxygen atoms in total. The Balaban J connectivity index is 2.29. The SMILES string of the molecule is CCSCCCn1nnc(C(=O)O)c1-c1cncn1C. The van der Waals surface area contributed by atoms with E-state index in [2.05, 4.69) is 22.2 Å². The summed E-state index contributed by atoms with van der Waals surface area (Å²) in [5.74, 6) is 1.02. The zero-order chi connectivity index (χ0) is 14.5. The quantitative estimate of drug-likeness (QED) is 0.779. The fourth-order valence-corrected chi connectivity index (χ4v) is 2.54. The molecule has 0 aliphatic rings. The van der Waals surface area contributed by atoms with Crippen molar-refractivity contribution in [3.8, 4) is 11.4 Å². The Morgan fingerprint density at radius 1 is 1.50 bits per heavy atom. The minimum absolute atomic E-state index is 0.0308. The van der Waals surface area contributed by atoms with Crippen molar-refractivity contribution >= 4 is 17.7 Å². The molecule has 0 radical (unpaired) electrons. The van der Waals surface area contributed by atoms with E-state index in [4.69, 9.17) is 0 Å². The number of nitrogens with zero attached hydrogens (tertiary/aromatic N) is 5. The molecule has 2 heterocycles. The topological polar surface area (TPSA) is 85.8 Å². The molecule has 0 aromatic carbocycles. The fourth-order valence-electron chi connectivity index (χ4n) is 1.91. The molecular weight excluding hydrogens is 278 g/mol. The van der Waals surface area contributed by atoms with Gasteiger partial charge in [-0.2, -0.15) is 11.8 Å². The average Bonchev–Trinajstić information content (AvgIpc) is 3.00. The summed E-state index contributed by atoms with van der Waals surface area (Å²) < 4.78 is 3.42. The highest BCUT2D eigenvalue weighted by Crippen LogP contribution is 2.22. The van der Waals surface area contributed by atoms with Gasteiger partial charge in [0.05, 0.1) is 18.2 Å². The largest absolute Gasteiger partial charge is 0.476 e. The summed E-state index contributed by atoms with van der Waals surface area (Å²) in [7, 11) is 1.82. The lowest BCUT2D eigenvalue weighted by atomic mass is 10.2. The highest BCUT2D eigenvalue weighted by Gasteiger charge is 2.22. The van der Waals surface area contributed by atoms with Gasteiger partial charge >= 0.3 is 5.97 Å². The summed E-state index contributed by atoms with van der Waals surface area (Å²) in [5, 5.41) is 17.0. The van der Waals surface area contributed by atoms with Gasteiger partial charge in [0.2, 0.25) is 0 Å². The number of aryl methyl sites for hydroxylation is 2. The van der Waals surface area contributed by atoms with E-state index in [0.29, 0.717) is 17.9 Å². The number of carboxylic acid groups (broad SMARTS) is 1. The number of aromatic carboxylic acids is 1. The van der Waals surface area contributed by atoms with E-state index in [1.807, 2.05) is 18.8 Å². The van der Waals surface area contributed by atoms with Crippen LogP contribution in [0.1, 0.15) is 23.8 Å². The fraction of sp³-hybridized carbons (Fsp3) is 0.500. The predicted octanol–water partition coefficient (Wildman–Crippen LogP) is 1.52. The predicted molar refractivity (Wildman–Crippen MR) is 76.8 cm³/mol. The van der Waals surface area contributed by atoms with Crippen LogP contribution in [0.25, 0.3) is 11.4 Å². The van der Waals surface area contributed by atoms with Crippen LogP contribution in [0.2, 0.25) is 0 Å². The Kier molecular flexibility index (Phi) is 4.78. The third-order valence-corrected chi connectivity index (χ3v) is 3.85. The van der Waals surface area contributed by atoms with E-state index in [1.165, 1.54) is 0 Å². The molecular formula is C12H17N5O2S. The summed E-state index contributed by atoms with van der Waals surface area (Å²) in [6.45, 7) is 2.76. The Bertz CT molecular complexity index is 592. The van der Waals surface area contributed by atoms with Crippen LogP contribution in [0.15, 0.2) is 12.5 Å². The first-order valence-electron chi connectivity index (χ1n) is 6.36. The maximum absolute atomic E-state index is 11.3. The molecule has 0 unspecified atom stereocenters. The number of rotatable bonds is 7. The van der Waals surface area contributed by atoms with Gasteiger partial charge in [-0.3, -0.25) is 0 Å². The van der Waals surface area contributed by atoms with Crippen molar-refractivity contribution in [1.82, 2.24) is 24.5 Å². The molecule has 0 fully saturated rings. The van der Waals surface area contributed by atoms with Gasteiger partial charge in [0.25, 0.3) is 0 Å². The molecule has 0 amide bonds. The zero-order valence-corrected chi connectivity index (χ0v) is 12.3. The molecule has 108 valence electrons. The van der Waals surface area contributed by atoms with Gasteiger partial charge in [0.15, 0.2) is 5.69 Å². The summed E-state index contributed by atoms with van der Waals surface area (Å²) >= 11 is 1.85. The first-order valence-corrected chi connectivity index (χ1v) is 7.51. The van der Waals surface area contributed by atoms with Gasteiger partial charge in [0.1, 0.15) is 5.69 Å². The van der Waals surface area contributed by atoms with Crippen molar-refractivity contribution in [1.29, 1.82) is 0 Å². The van der Waals surface area contributed by atoms with Gasteiger partial charge in [-0.1, -0.05) is 12.1 Å². The molecule has 0 bridgehead atoms. The second-order valence-electron chi connectivity index (χ2n) is 4.26. The lowest BCUT2D eigenvalue weighted by Crippen LogP contribution is -2.08. The summed E-state index contributed by atoms with van der Waals surface area (Å²) in [6.07, 6.45) is 4.18. The molecule has 2 aromatic heterocycles. The van der Waals surface area contributed by atoms with E-state index in [9.17, 15) is 9.90 Å². The number of carbonyl (C=O) groups is 1. The van der Waals surface area contributed by atoms with Crippen LogP contribution in [-0.2, 0) is 13.6 Å². The maximum Gasteiger partial charge on any atom is 0.358 e. The van der Waals surface area contributed by atoms with Gasteiger partial charge in [0, 0.05) is 13.6 Å². The third kappa shape index (κ3) is 3.01. The number of imidazole rings is 1. The minimum atomic E-state index is -1.07. The number of aromatic nitrogens is 5. The van der Waals surface area contributed by atoms with Crippen LogP contribution in [0.3, 0.4) is 0 Å². The van der Waals surface area contributed by atoms with E-state index < -0.39 is 5.97 Å². The van der Waals surface area contributed by atoms with Crippen LogP contribution in [0.5, 0.6) is 0 Å². The molecule has 20 heavy (non-hydrogen) atoms. The molecule has 0 spiro atoms. The zero-order valence-electron chi connectivity index (χ0n) is 11.5. The van der Waals surface area contributed by atoms with Crippen molar-refractivity contribution in [2.45, 2.75) is 19.9 Å². The Morgan fingerprint density at radius 3 is 2.90 bits per heavy atom. The molecule has 8 heteroatoms. The number of thioether (sulfide) groups is 1. The van der Waals surface area contributed by atoms with Crippen LogP contribution >= 0.6 is 11.8 Å². The lowest BCUT2D eigenvalue weighted by Gasteiger charge is -2.07. The highest BCUT2D eigenvalue weighted by molar-refractivity contribution is 7.99. The molecule has 0 saturated heterocycles. The summed E-state index contributed by atoms with van der Waals surface area (Å²) in [4.78, 5) is 15.3. The molecule has 0 aliphatic carbocycles. The van der Waals surface area contributed by atoms with Crippen molar-refractivity contribution in [2.75, 3.05) is 11.5 Å².